The molecule has 1 aromatic carbocycles. The van der Waals surface area contributed by atoms with E-state index < -0.39 is 11.8 Å². The number of carbonyl (C=O) groups excluding carboxylic acids is 2. The zero-order chi connectivity index (χ0) is 18.5. The number of nitrogens with zero attached hydrogens (tertiary/aromatic N) is 2. The fourth-order valence-corrected chi connectivity index (χ4v) is 2.19. The van der Waals surface area contributed by atoms with Crippen molar-refractivity contribution in [2.75, 3.05) is 17.7 Å². The molecule has 0 saturated heterocycles. The monoisotopic (exact) mass is 352 g/mol. The van der Waals surface area contributed by atoms with Crippen LogP contribution in [-0.4, -0.2) is 29.1 Å². The summed E-state index contributed by atoms with van der Waals surface area (Å²) in [6.07, 6.45) is 0. The van der Waals surface area contributed by atoms with E-state index in [2.05, 4.69) is 20.8 Å². The van der Waals surface area contributed by atoms with Crippen molar-refractivity contribution in [2.45, 2.75) is 6.92 Å². The lowest BCUT2D eigenvalue weighted by molar-refractivity contribution is 0.101. The number of pyridine rings is 1. The molecule has 2 amide bonds. The first kappa shape index (κ1) is 17.2. The standard InChI is InChI=1S/C18H16N4O4/c1-11-9-16(22-26-11)21-18(24)15-8-4-7-14(20-15)17(23)19-12-5-3-6-13(10-12)25-2/h3-10H,1-2H3,(H,19,23)(H,21,22,24). The lowest BCUT2D eigenvalue weighted by Gasteiger charge is -2.07. The Morgan fingerprint density at radius 2 is 1.69 bits per heavy atom. The molecule has 2 heterocycles. The van der Waals surface area contributed by atoms with Gasteiger partial charge in [0, 0.05) is 17.8 Å². The van der Waals surface area contributed by atoms with Crippen molar-refractivity contribution in [3.8, 4) is 5.75 Å². The van der Waals surface area contributed by atoms with Crippen LogP contribution in [0.4, 0.5) is 11.5 Å². The Morgan fingerprint density at radius 3 is 2.35 bits per heavy atom. The third kappa shape index (κ3) is 4.04. The second-order valence-corrected chi connectivity index (χ2v) is 5.37. The first-order valence-electron chi connectivity index (χ1n) is 7.72. The predicted octanol–water partition coefficient (Wildman–Crippen LogP) is 2.89. The van der Waals surface area contributed by atoms with Crippen molar-refractivity contribution in [3.63, 3.8) is 0 Å². The number of carbonyl (C=O) groups is 2. The Labute approximate surface area is 149 Å². The molecule has 0 saturated carbocycles. The lowest BCUT2D eigenvalue weighted by Crippen LogP contribution is -2.18. The maximum absolute atomic E-state index is 12.4. The van der Waals surface area contributed by atoms with E-state index in [9.17, 15) is 9.59 Å². The summed E-state index contributed by atoms with van der Waals surface area (Å²) in [6, 6.07) is 13.1. The Bertz CT molecular complexity index is 952. The number of methoxy groups -OCH3 is 1. The Balaban J connectivity index is 1.73. The van der Waals surface area contributed by atoms with Gasteiger partial charge in [0.25, 0.3) is 11.8 Å². The summed E-state index contributed by atoms with van der Waals surface area (Å²) in [5, 5.41) is 8.95. The van der Waals surface area contributed by atoms with Crippen LogP contribution in [0.1, 0.15) is 26.7 Å². The quantitative estimate of drug-likeness (QED) is 0.731. The molecule has 2 N–H and O–H groups in total. The first-order chi connectivity index (χ1) is 12.5. The fraction of sp³-hybridized carbons (Fsp3) is 0.111. The molecule has 26 heavy (non-hydrogen) atoms. The summed E-state index contributed by atoms with van der Waals surface area (Å²) in [4.78, 5) is 28.7. The van der Waals surface area contributed by atoms with Gasteiger partial charge in [-0.1, -0.05) is 17.3 Å². The Hall–Kier alpha value is -3.68. The molecule has 3 rings (SSSR count). The summed E-state index contributed by atoms with van der Waals surface area (Å²) >= 11 is 0. The number of nitrogens with one attached hydrogen (secondary N) is 2. The van der Waals surface area contributed by atoms with Gasteiger partial charge in [0.1, 0.15) is 22.9 Å². The lowest BCUT2D eigenvalue weighted by atomic mass is 10.2. The molecule has 0 radical (unpaired) electrons. The molecule has 0 unspecified atom stereocenters. The van der Waals surface area contributed by atoms with Gasteiger partial charge in [-0.25, -0.2) is 4.98 Å². The van der Waals surface area contributed by atoms with Gasteiger partial charge < -0.3 is 19.9 Å². The number of aryl methyl sites for hydroxylation is 1. The maximum Gasteiger partial charge on any atom is 0.275 e. The van der Waals surface area contributed by atoms with E-state index in [1.165, 1.54) is 12.1 Å². The third-order valence-corrected chi connectivity index (χ3v) is 3.41. The minimum atomic E-state index is -0.491. The summed E-state index contributed by atoms with van der Waals surface area (Å²) in [7, 11) is 1.54. The number of hydrogen-bond donors (Lipinski definition) is 2. The number of aromatic nitrogens is 2. The average Bonchev–Trinajstić information content (AvgIpc) is 3.06. The summed E-state index contributed by atoms with van der Waals surface area (Å²) in [5.41, 5.74) is 0.754. The van der Waals surface area contributed by atoms with E-state index in [1.807, 2.05) is 0 Å². The molecule has 3 aromatic rings. The molecular formula is C18H16N4O4. The van der Waals surface area contributed by atoms with Gasteiger partial charge in [-0.05, 0) is 31.2 Å². The van der Waals surface area contributed by atoms with Crippen molar-refractivity contribution in [3.05, 3.63) is 65.7 Å². The van der Waals surface area contributed by atoms with Crippen LogP contribution in [0.3, 0.4) is 0 Å². The second kappa shape index (κ2) is 7.47. The van der Waals surface area contributed by atoms with Crippen molar-refractivity contribution in [1.82, 2.24) is 10.1 Å². The molecule has 0 bridgehead atoms. The Kier molecular flexibility index (Phi) is 4.93. The van der Waals surface area contributed by atoms with Crippen LogP contribution in [0.25, 0.3) is 0 Å². The summed E-state index contributed by atoms with van der Waals surface area (Å²) in [5.74, 6) is 0.534. The molecule has 2 aromatic heterocycles. The number of hydrogen-bond acceptors (Lipinski definition) is 6. The van der Waals surface area contributed by atoms with E-state index in [0.29, 0.717) is 17.2 Å². The number of ether oxygens (including phenoxy) is 1. The number of amides is 2. The van der Waals surface area contributed by atoms with E-state index in [0.717, 1.165) is 0 Å². The second-order valence-electron chi connectivity index (χ2n) is 5.37. The van der Waals surface area contributed by atoms with Gasteiger partial charge >= 0.3 is 0 Å². The van der Waals surface area contributed by atoms with E-state index in [-0.39, 0.29) is 17.2 Å². The summed E-state index contributed by atoms with van der Waals surface area (Å²) in [6.45, 7) is 1.71. The highest BCUT2D eigenvalue weighted by molar-refractivity contribution is 6.05. The highest BCUT2D eigenvalue weighted by Gasteiger charge is 2.14. The van der Waals surface area contributed by atoms with Crippen LogP contribution >= 0.6 is 0 Å². The van der Waals surface area contributed by atoms with Gasteiger partial charge in [0.05, 0.1) is 7.11 Å². The van der Waals surface area contributed by atoms with Crippen molar-refractivity contribution in [2.24, 2.45) is 0 Å². The van der Waals surface area contributed by atoms with Crippen LogP contribution in [0.5, 0.6) is 5.75 Å². The predicted molar refractivity (Wildman–Crippen MR) is 94.4 cm³/mol. The molecule has 0 fully saturated rings. The molecule has 0 atom stereocenters. The van der Waals surface area contributed by atoms with Crippen molar-refractivity contribution < 1.29 is 18.8 Å². The van der Waals surface area contributed by atoms with E-state index in [4.69, 9.17) is 9.26 Å². The largest absolute Gasteiger partial charge is 0.497 e. The van der Waals surface area contributed by atoms with Crippen molar-refractivity contribution in [1.29, 1.82) is 0 Å². The van der Waals surface area contributed by atoms with Crippen LogP contribution < -0.4 is 15.4 Å². The minimum Gasteiger partial charge on any atom is -0.497 e. The normalized spacial score (nSPS) is 10.2. The van der Waals surface area contributed by atoms with Crippen molar-refractivity contribution >= 4 is 23.3 Å². The number of anilines is 2. The number of rotatable bonds is 5. The molecule has 132 valence electrons. The maximum atomic E-state index is 12.4. The average molecular weight is 352 g/mol. The molecular weight excluding hydrogens is 336 g/mol. The zero-order valence-electron chi connectivity index (χ0n) is 14.1. The zero-order valence-corrected chi connectivity index (χ0v) is 14.1. The smallest absolute Gasteiger partial charge is 0.275 e. The van der Waals surface area contributed by atoms with Crippen LogP contribution in [-0.2, 0) is 0 Å². The van der Waals surface area contributed by atoms with E-state index >= 15 is 0 Å². The third-order valence-electron chi connectivity index (χ3n) is 3.41. The van der Waals surface area contributed by atoms with Crippen LogP contribution in [0.15, 0.2) is 53.1 Å². The van der Waals surface area contributed by atoms with Crippen LogP contribution in [0, 0.1) is 6.92 Å². The highest BCUT2D eigenvalue weighted by atomic mass is 16.5. The molecule has 0 aliphatic heterocycles. The van der Waals surface area contributed by atoms with Crippen LogP contribution in [0.2, 0.25) is 0 Å². The topological polar surface area (TPSA) is 106 Å². The summed E-state index contributed by atoms with van der Waals surface area (Å²) < 4.78 is 10.0. The molecule has 8 nitrogen and oxygen atoms in total. The molecule has 8 heteroatoms. The van der Waals surface area contributed by atoms with Gasteiger partial charge in [-0.2, -0.15) is 0 Å². The van der Waals surface area contributed by atoms with E-state index in [1.54, 1.807) is 50.4 Å². The van der Waals surface area contributed by atoms with Gasteiger partial charge in [0.2, 0.25) is 0 Å². The molecule has 0 aliphatic carbocycles. The van der Waals surface area contributed by atoms with Gasteiger partial charge in [0.15, 0.2) is 5.82 Å². The molecule has 0 aliphatic rings. The molecule has 0 spiro atoms. The SMILES string of the molecule is COc1cccc(NC(=O)c2cccc(C(=O)Nc3cc(C)on3)n2)c1. The first-order valence-corrected chi connectivity index (χ1v) is 7.72. The minimum absolute atomic E-state index is 0.0870. The highest BCUT2D eigenvalue weighted by Crippen LogP contribution is 2.17. The van der Waals surface area contributed by atoms with Gasteiger partial charge in [-0.3, -0.25) is 9.59 Å². The van der Waals surface area contributed by atoms with Gasteiger partial charge in [-0.15, -0.1) is 0 Å². The fourth-order valence-electron chi connectivity index (χ4n) is 2.19. The Morgan fingerprint density at radius 1 is 1.00 bits per heavy atom. The number of benzene rings is 1.